The standard InChI is InChI=1S/C21H27N5O2S/c1-3-4-7-14-25-19(28)16-10-5-6-11-17(16)26-20(25)22-23-21(26)29-15(2)18(27)24-12-8-9-13-24/h5-6,10-11,15H,3-4,7-9,12-14H2,1-2H3. The van der Waals surface area contributed by atoms with Gasteiger partial charge >= 0.3 is 0 Å². The monoisotopic (exact) mass is 413 g/mol. The maximum Gasteiger partial charge on any atom is 0.262 e. The molecular formula is C21H27N5O2S. The summed E-state index contributed by atoms with van der Waals surface area (Å²) in [6.07, 6.45) is 5.21. The third kappa shape index (κ3) is 3.77. The molecular weight excluding hydrogens is 386 g/mol. The number of carbonyl (C=O) groups is 1. The number of nitrogens with zero attached hydrogens (tertiary/aromatic N) is 5. The maximum atomic E-state index is 13.1. The van der Waals surface area contributed by atoms with Crippen LogP contribution in [0.4, 0.5) is 0 Å². The number of unbranched alkanes of at least 4 members (excludes halogenated alkanes) is 2. The van der Waals surface area contributed by atoms with Gasteiger partial charge in [-0.15, -0.1) is 10.2 Å². The number of benzene rings is 1. The van der Waals surface area contributed by atoms with Crippen molar-refractivity contribution in [1.29, 1.82) is 0 Å². The van der Waals surface area contributed by atoms with E-state index < -0.39 is 0 Å². The molecule has 0 saturated carbocycles. The number of para-hydroxylation sites is 1. The average molecular weight is 414 g/mol. The first-order chi connectivity index (χ1) is 14.1. The van der Waals surface area contributed by atoms with Gasteiger partial charge in [0.25, 0.3) is 5.56 Å². The van der Waals surface area contributed by atoms with Crippen LogP contribution in [0, 0.1) is 0 Å². The molecule has 154 valence electrons. The van der Waals surface area contributed by atoms with Gasteiger partial charge in [0.1, 0.15) is 0 Å². The van der Waals surface area contributed by atoms with Gasteiger partial charge in [-0.1, -0.05) is 43.7 Å². The molecule has 1 atom stereocenters. The van der Waals surface area contributed by atoms with Crippen LogP contribution in [-0.2, 0) is 11.3 Å². The van der Waals surface area contributed by atoms with E-state index in [-0.39, 0.29) is 16.7 Å². The molecule has 0 spiro atoms. The smallest absolute Gasteiger partial charge is 0.262 e. The molecule has 1 aliphatic heterocycles. The molecule has 1 aromatic carbocycles. The molecule has 0 bridgehead atoms. The number of hydrogen-bond donors (Lipinski definition) is 0. The Morgan fingerprint density at radius 2 is 1.93 bits per heavy atom. The van der Waals surface area contributed by atoms with Crippen LogP contribution in [0.15, 0.2) is 34.2 Å². The van der Waals surface area contributed by atoms with Crippen LogP contribution in [0.2, 0.25) is 0 Å². The van der Waals surface area contributed by atoms with Crippen molar-refractivity contribution in [3.05, 3.63) is 34.6 Å². The van der Waals surface area contributed by atoms with Crippen molar-refractivity contribution < 1.29 is 4.79 Å². The van der Waals surface area contributed by atoms with E-state index in [2.05, 4.69) is 17.1 Å². The number of fused-ring (bicyclic) bond motifs is 3. The van der Waals surface area contributed by atoms with Gasteiger partial charge in [0, 0.05) is 19.6 Å². The third-order valence-electron chi connectivity index (χ3n) is 5.51. The van der Waals surface area contributed by atoms with Crippen LogP contribution in [0.5, 0.6) is 0 Å². The van der Waals surface area contributed by atoms with Crippen LogP contribution < -0.4 is 5.56 Å². The van der Waals surface area contributed by atoms with Crippen LogP contribution in [0.3, 0.4) is 0 Å². The van der Waals surface area contributed by atoms with Crippen LogP contribution in [0.1, 0.15) is 46.0 Å². The first-order valence-corrected chi connectivity index (χ1v) is 11.3. The Bertz CT molecular complexity index is 1080. The van der Waals surface area contributed by atoms with Gasteiger partial charge in [0.05, 0.1) is 16.2 Å². The summed E-state index contributed by atoms with van der Waals surface area (Å²) < 4.78 is 3.66. The molecule has 0 radical (unpaired) electrons. The Morgan fingerprint density at radius 3 is 2.69 bits per heavy atom. The minimum Gasteiger partial charge on any atom is -0.342 e. The Balaban J connectivity index is 1.75. The first-order valence-electron chi connectivity index (χ1n) is 10.4. The summed E-state index contributed by atoms with van der Waals surface area (Å²) in [4.78, 5) is 27.8. The van der Waals surface area contributed by atoms with E-state index in [0.29, 0.717) is 22.9 Å². The van der Waals surface area contributed by atoms with E-state index >= 15 is 0 Å². The summed E-state index contributed by atoms with van der Waals surface area (Å²) in [5.41, 5.74) is 0.752. The van der Waals surface area contributed by atoms with Gasteiger partial charge in [0.15, 0.2) is 5.16 Å². The van der Waals surface area contributed by atoms with Gasteiger partial charge in [-0.3, -0.25) is 18.6 Å². The van der Waals surface area contributed by atoms with Gasteiger partial charge < -0.3 is 4.90 Å². The van der Waals surface area contributed by atoms with Crippen molar-refractivity contribution in [2.75, 3.05) is 13.1 Å². The first kappa shape index (κ1) is 19.9. The summed E-state index contributed by atoms with van der Waals surface area (Å²) in [5.74, 6) is 0.693. The fourth-order valence-corrected chi connectivity index (χ4v) is 4.87. The van der Waals surface area contributed by atoms with Crippen molar-refractivity contribution in [2.24, 2.45) is 0 Å². The number of thioether (sulfide) groups is 1. The fourth-order valence-electron chi connectivity index (χ4n) is 3.93. The van der Waals surface area contributed by atoms with Crippen LogP contribution in [-0.4, -0.2) is 48.3 Å². The molecule has 29 heavy (non-hydrogen) atoms. The summed E-state index contributed by atoms with van der Waals surface area (Å²) in [6, 6.07) is 7.56. The van der Waals surface area contributed by atoms with Gasteiger partial charge in [-0.2, -0.15) is 0 Å². The zero-order valence-electron chi connectivity index (χ0n) is 17.0. The molecule has 7 nitrogen and oxygen atoms in total. The zero-order valence-corrected chi connectivity index (χ0v) is 17.8. The molecule has 2 aromatic heterocycles. The summed E-state index contributed by atoms with van der Waals surface area (Å²) >= 11 is 1.42. The maximum absolute atomic E-state index is 13.1. The van der Waals surface area contributed by atoms with Gasteiger partial charge in [-0.25, -0.2) is 0 Å². The quantitative estimate of drug-likeness (QED) is 0.439. The highest BCUT2D eigenvalue weighted by molar-refractivity contribution is 8.00. The third-order valence-corrected chi connectivity index (χ3v) is 6.54. The van der Waals surface area contributed by atoms with E-state index in [0.717, 1.165) is 50.7 Å². The summed E-state index contributed by atoms with van der Waals surface area (Å²) in [5, 5.41) is 9.77. The topological polar surface area (TPSA) is 72.5 Å². The molecule has 1 fully saturated rings. The number of rotatable bonds is 7. The second-order valence-corrected chi connectivity index (χ2v) is 8.90. The molecule has 3 heterocycles. The van der Waals surface area contributed by atoms with Crippen molar-refractivity contribution in [1.82, 2.24) is 24.1 Å². The number of likely N-dealkylation sites (tertiary alicyclic amines) is 1. The second kappa shape index (κ2) is 8.57. The lowest BCUT2D eigenvalue weighted by Crippen LogP contribution is -2.34. The molecule has 1 aliphatic rings. The predicted molar refractivity (Wildman–Crippen MR) is 115 cm³/mol. The predicted octanol–water partition coefficient (Wildman–Crippen LogP) is 3.34. The van der Waals surface area contributed by atoms with Crippen molar-refractivity contribution in [2.45, 2.75) is 62.9 Å². The number of amides is 1. The molecule has 4 rings (SSSR count). The van der Waals surface area contributed by atoms with E-state index in [9.17, 15) is 9.59 Å². The van der Waals surface area contributed by atoms with Gasteiger partial charge in [-0.05, 0) is 38.3 Å². The number of aryl methyl sites for hydroxylation is 1. The molecule has 0 N–H and O–H groups in total. The molecule has 1 unspecified atom stereocenters. The highest BCUT2D eigenvalue weighted by Gasteiger charge is 2.26. The summed E-state index contributed by atoms with van der Waals surface area (Å²) in [6.45, 7) is 6.36. The lowest BCUT2D eigenvalue weighted by molar-refractivity contribution is -0.129. The number of carbonyl (C=O) groups excluding carboxylic acids is 1. The molecule has 1 saturated heterocycles. The minimum absolute atomic E-state index is 0.0330. The number of aromatic nitrogens is 4. The van der Waals surface area contributed by atoms with E-state index in [4.69, 9.17) is 0 Å². The highest BCUT2D eigenvalue weighted by Crippen LogP contribution is 2.27. The lowest BCUT2D eigenvalue weighted by atomic mass is 10.2. The number of hydrogen-bond acceptors (Lipinski definition) is 5. The average Bonchev–Trinajstić information content (AvgIpc) is 3.40. The largest absolute Gasteiger partial charge is 0.342 e. The zero-order chi connectivity index (χ0) is 20.4. The molecule has 1 amide bonds. The minimum atomic E-state index is -0.250. The summed E-state index contributed by atoms with van der Waals surface area (Å²) in [7, 11) is 0. The van der Waals surface area contributed by atoms with Crippen molar-refractivity contribution in [3.63, 3.8) is 0 Å². The van der Waals surface area contributed by atoms with Crippen LogP contribution >= 0.6 is 11.8 Å². The fraction of sp³-hybridized carbons (Fsp3) is 0.524. The SMILES string of the molecule is CCCCCn1c(=O)c2ccccc2n2c(SC(C)C(=O)N3CCCC3)nnc12. The Hall–Kier alpha value is -2.35. The van der Waals surface area contributed by atoms with E-state index in [1.807, 2.05) is 40.5 Å². The van der Waals surface area contributed by atoms with E-state index in [1.54, 1.807) is 4.57 Å². The second-order valence-electron chi connectivity index (χ2n) is 7.59. The lowest BCUT2D eigenvalue weighted by Gasteiger charge is -2.19. The highest BCUT2D eigenvalue weighted by atomic mass is 32.2. The molecule has 0 aliphatic carbocycles. The molecule has 8 heteroatoms. The Morgan fingerprint density at radius 1 is 1.17 bits per heavy atom. The Labute approximate surface area is 174 Å². The molecule has 3 aromatic rings. The normalized spacial score (nSPS) is 15.4. The van der Waals surface area contributed by atoms with Crippen molar-refractivity contribution >= 4 is 34.3 Å². The van der Waals surface area contributed by atoms with Gasteiger partial charge in [0.2, 0.25) is 11.7 Å². The van der Waals surface area contributed by atoms with Crippen molar-refractivity contribution in [3.8, 4) is 0 Å². The Kier molecular flexibility index (Phi) is 5.89. The van der Waals surface area contributed by atoms with E-state index in [1.165, 1.54) is 11.8 Å². The van der Waals surface area contributed by atoms with Crippen LogP contribution in [0.25, 0.3) is 16.7 Å².